The fourth-order valence-corrected chi connectivity index (χ4v) is 1.85. The summed E-state index contributed by atoms with van der Waals surface area (Å²) in [6.07, 6.45) is -4.74. The van der Waals surface area contributed by atoms with Crippen molar-refractivity contribution in [3.63, 3.8) is 0 Å². The quantitative estimate of drug-likeness (QED) is 0.595. The van der Waals surface area contributed by atoms with Crippen LogP contribution in [0.2, 0.25) is 0 Å². The number of benzene rings is 1. The number of methoxy groups -OCH3 is 1. The third-order valence-corrected chi connectivity index (χ3v) is 2.89. The Labute approximate surface area is 113 Å². The minimum Gasteiger partial charge on any atom is -0.354 e. The van der Waals surface area contributed by atoms with Crippen LogP contribution < -0.4 is 0 Å². The van der Waals surface area contributed by atoms with E-state index in [1.807, 2.05) is 4.90 Å². The lowest BCUT2D eigenvalue weighted by Crippen LogP contribution is -2.30. The molecule has 19 heavy (non-hydrogen) atoms. The monoisotopic (exact) mass is 295 g/mol. The van der Waals surface area contributed by atoms with Crippen molar-refractivity contribution >= 4 is 9.47 Å². The van der Waals surface area contributed by atoms with E-state index in [9.17, 15) is 13.2 Å². The predicted molar refractivity (Wildman–Crippen MR) is 69.4 cm³/mol. The fraction of sp³-hybridized carbons (Fsp3) is 0.500. The van der Waals surface area contributed by atoms with E-state index in [-0.39, 0.29) is 0 Å². The van der Waals surface area contributed by atoms with Crippen LogP contribution in [-0.4, -0.2) is 31.9 Å². The Morgan fingerprint density at radius 3 is 2.58 bits per heavy atom. The minimum absolute atomic E-state index is 0.387. The van der Waals surface area contributed by atoms with E-state index in [1.54, 1.807) is 13.1 Å². The van der Waals surface area contributed by atoms with Gasteiger partial charge in [0.2, 0.25) is 0 Å². The minimum atomic E-state index is -4.31. The van der Waals surface area contributed by atoms with Crippen molar-refractivity contribution in [1.29, 1.82) is 0 Å². The zero-order chi connectivity index (χ0) is 14.5. The Kier molecular flexibility index (Phi) is 6.20. The summed E-state index contributed by atoms with van der Waals surface area (Å²) in [6.45, 7) is 0.841. The molecule has 0 spiro atoms. The van der Waals surface area contributed by atoms with Crippen LogP contribution in [-0.2, 0) is 22.0 Å². The molecule has 0 aliphatic heterocycles. The van der Waals surface area contributed by atoms with Crippen LogP contribution in [0.3, 0.4) is 0 Å². The van der Waals surface area contributed by atoms with Gasteiger partial charge in [-0.3, -0.25) is 4.90 Å². The van der Waals surface area contributed by atoms with Gasteiger partial charge in [0.15, 0.2) is 6.29 Å². The highest BCUT2D eigenvalue weighted by molar-refractivity contribution is 7.09. The molecule has 0 aromatic heterocycles. The molecule has 0 N–H and O–H groups in total. The summed E-state index contributed by atoms with van der Waals surface area (Å²) in [5.41, 5.74) is -0.0417. The molecule has 7 heteroatoms. The highest BCUT2D eigenvalue weighted by Crippen LogP contribution is 2.29. The smallest absolute Gasteiger partial charge is 0.354 e. The van der Waals surface area contributed by atoms with E-state index in [0.717, 1.165) is 12.1 Å². The first-order valence-electron chi connectivity index (χ1n) is 5.60. The molecule has 2 unspecified atom stereocenters. The van der Waals surface area contributed by atoms with Gasteiger partial charge < -0.3 is 9.26 Å². The van der Waals surface area contributed by atoms with Crippen LogP contribution in [0.25, 0.3) is 0 Å². The van der Waals surface area contributed by atoms with Crippen molar-refractivity contribution in [3.05, 3.63) is 35.4 Å². The number of nitrogens with zero attached hydrogens (tertiary/aromatic N) is 1. The molecule has 0 amide bonds. The van der Waals surface area contributed by atoms with Gasteiger partial charge in [-0.25, -0.2) is 0 Å². The molecule has 1 aromatic carbocycles. The topological polar surface area (TPSA) is 21.7 Å². The van der Waals surface area contributed by atoms with Gasteiger partial charge in [0.25, 0.3) is 0 Å². The van der Waals surface area contributed by atoms with E-state index in [4.69, 9.17) is 9.26 Å². The molecule has 0 saturated heterocycles. The van der Waals surface area contributed by atoms with Crippen LogP contribution in [0.5, 0.6) is 0 Å². The molecule has 0 heterocycles. The van der Waals surface area contributed by atoms with Crippen molar-refractivity contribution in [3.8, 4) is 0 Å². The number of ether oxygens (including phenoxy) is 1. The molecule has 1 aromatic rings. The van der Waals surface area contributed by atoms with Gasteiger partial charge in [0.05, 0.1) is 5.56 Å². The lowest BCUT2D eigenvalue weighted by molar-refractivity contribution is -0.137. The Morgan fingerprint density at radius 2 is 2.05 bits per heavy atom. The normalized spacial score (nSPS) is 13.8. The van der Waals surface area contributed by atoms with Gasteiger partial charge in [-0.15, -0.1) is 0 Å². The SMILES string of the molecule is COC(CN(C)Cc1cccc(C(F)(F)F)c1)OP. The van der Waals surface area contributed by atoms with E-state index >= 15 is 0 Å². The van der Waals surface area contributed by atoms with Crippen LogP contribution in [0.4, 0.5) is 13.2 Å². The standard InChI is InChI=1S/C12H17F3NO2P/c1-16(8-11(17-2)18-19)7-9-4-3-5-10(6-9)12(13,14)15/h3-6,11H,7-8,19H2,1-2H3. The zero-order valence-corrected chi connectivity index (χ0v) is 11.9. The number of likely N-dealkylation sites (N-methyl/N-ethyl adjacent to an activating group) is 1. The summed E-state index contributed by atoms with van der Waals surface area (Å²) >= 11 is 0. The molecule has 0 saturated carbocycles. The highest BCUT2D eigenvalue weighted by Gasteiger charge is 2.30. The Morgan fingerprint density at radius 1 is 1.37 bits per heavy atom. The van der Waals surface area contributed by atoms with E-state index in [2.05, 4.69) is 9.47 Å². The van der Waals surface area contributed by atoms with Crippen LogP contribution in [0.15, 0.2) is 24.3 Å². The second kappa shape index (κ2) is 7.20. The van der Waals surface area contributed by atoms with Crippen molar-refractivity contribution in [2.24, 2.45) is 0 Å². The number of hydrogen-bond donors (Lipinski definition) is 0. The first kappa shape index (κ1) is 16.4. The summed E-state index contributed by atoms with van der Waals surface area (Å²) in [4.78, 5) is 1.83. The van der Waals surface area contributed by atoms with Crippen LogP contribution >= 0.6 is 9.47 Å². The maximum atomic E-state index is 12.6. The van der Waals surface area contributed by atoms with E-state index in [1.165, 1.54) is 13.2 Å². The molecular formula is C12H17F3NO2P. The molecule has 0 aliphatic rings. The summed E-state index contributed by atoms with van der Waals surface area (Å²) in [7, 11) is 5.40. The van der Waals surface area contributed by atoms with Gasteiger partial charge in [-0.05, 0) is 18.7 Å². The molecule has 2 atom stereocenters. The molecule has 1 rings (SSSR count). The lowest BCUT2D eigenvalue weighted by atomic mass is 10.1. The zero-order valence-electron chi connectivity index (χ0n) is 10.8. The summed E-state index contributed by atoms with van der Waals surface area (Å²) in [6, 6.07) is 5.29. The first-order chi connectivity index (χ1) is 8.86. The number of rotatable bonds is 6. The summed E-state index contributed by atoms with van der Waals surface area (Å²) < 4.78 is 47.7. The van der Waals surface area contributed by atoms with Crippen LogP contribution in [0.1, 0.15) is 11.1 Å². The fourth-order valence-electron chi connectivity index (χ4n) is 1.65. The van der Waals surface area contributed by atoms with E-state index < -0.39 is 18.0 Å². The molecule has 0 aliphatic carbocycles. The maximum Gasteiger partial charge on any atom is 0.416 e. The molecule has 108 valence electrons. The Balaban J connectivity index is 2.67. The lowest BCUT2D eigenvalue weighted by Gasteiger charge is -2.22. The van der Waals surface area contributed by atoms with E-state index in [0.29, 0.717) is 18.7 Å². The van der Waals surface area contributed by atoms with Crippen LogP contribution in [0, 0.1) is 0 Å². The Bertz CT molecular complexity index is 397. The van der Waals surface area contributed by atoms with Gasteiger partial charge in [0.1, 0.15) is 0 Å². The van der Waals surface area contributed by atoms with Gasteiger partial charge in [-0.1, -0.05) is 18.2 Å². The second-order valence-corrected chi connectivity index (χ2v) is 4.47. The number of alkyl halides is 3. The van der Waals surface area contributed by atoms with Crippen molar-refractivity contribution < 1.29 is 22.4 Å². The van der Waals surface area contributed by atoms with Gasteiger partial charge in [0, 0.05) is 29.7 Å². The molecular weight excluding hydrogens is 278 g/mol. The van der Waals surface area contributed by atoms with Crippen molar-refractivity contribution in [2.75, 3.05) is 20.7 Å². The number of hydrogen-bond acceptors (Lipinski definition) is 3. The van der Waals surface area contributed by atoms with Gasteiger partial charge in [-0.2, -0.15) is 13.2 Å². The largest absolute Gasteiger partial charge is 0.416 e. The van der Waals surface area contributed by atoms with Gasteiger partial charge >= 0.3 is 6.18 Å². The third-order valence-electron chi connectivity index (χ3n) is 2.58. The van der Waals surface area contributed by atoms with Crippen molar-refractivity contribution in [1.82, 2.24) is 4.90 Å². The number of halogens is 3. The Hall–Kier alpha value is -0.680. The molecule has 0 fully saturated rings. The third kappa shape index (κ3) is 5.45. The molecule has 3 nitrogen and oxygen atoms in total. The molecule has 0 bridgehead atoms. The maximum absolute atomic E-state index is 12.6. The second-order valence-electron chi connectivity index (χ2n) is 4.20. The highest BCUT2D eigenvalue weighted by atomic mass is 31.0. The molecule has 0 radical (unpaired) electrons. The first-order valence-corrected chi connectivity index (χ1v) is 6.07. The average molecular weight is 295 g/mol. The van der Waals surface area contributed by atoms with Crippen molar-refractivity contribution in [2.45, 2.75) is 19.0 Å². The average Bonchev–Trinajstić information content (AvgIpc) is 2.35. The predicted octanol–water partition coefficient (Wildman–Crippen LogP) is 2.92. The summed E-state index contributed by atoms with van der Waals surface area (Å²) in [5.74, 6) is 0. The summed E-state index contributed by atoms with van der Waals surface area (Å²) in [5, 5.41) is 0.